The fraction of sp³-hybridized carbons (Fsp3) is 0.167. The minimum absolute atomic E-state index is 0.0211. The fourth-order valence-electron chi connectivity index (χ4n) is 2.85. The molecule has 7 heteroatoms. The first-order chi connectivity index (χ1) is 15.0. The molecule has 3 rings (SSSR count). The molecule has 2 amide bonds. The van der Waals surface area contributed by atoms with E-state index in [9.17, 15) is 14.0 Å². The topological polar surface area (TPSA) is 67.4 Å². The normalized spacial score (nSPS) is 11.6. The molecule has 31 heavy (non-hydrogen) atoms. The quantitative estimate of drug-likeness (QED) is 0.516. The number of halogens is 1. The molecule has 0 bridgehead atoms. The van der Waals surface area contributed by atoms with Crippen LogP contribution in [0.2, 0.25) is 0 Å². The summed E-state index contributed by atoms with van der Waals surface area (Å²) in [5.74, 6) is -1.38. The van der Waals surface area contributed by atoms with Gasteiger partial charge in [0.25, 0.3) is 5.91 Å². The molecule has 1 unspecified atom stereocenters. The van der Waals surface area contributed by atoms with Crippen LogP contribution in [0.5, 0.6) is 5.75 Å². The van der Waals surface area contributed by atoms with Crippen LogP contribution in [0.1, 0.15) is 23.3 Å². The Labute approximate surface area is 185 Å². The first-order valence-electron chi connectivity index (χ1n) is 9.76. The molecule has 1 atom stereocenters. The number of carbonyl (C=O) groups excluding carboxylic acids is 2. The summed E-state index contributed by atoms with van der Waals surface area (Å²) in [6.45, 7) is 1.48. The van der Waals surface area contributed by atoms with Gasteiger partial charge in [-0.15, -0.1) is 11.8 Å². The van der Waals surface area contributed by atoms with E-state index in [1.807, 2.05) is 60.7 Å². The highest BCUT2D eigenvalue weighted by atomic mass is 32.2. The number of hydrogen-bond acceptors (Lipinski definition) is 4. The summed E-state index contributed by atoms with van der Waals surface area (Å²) in [7, 11) is 0. The van der Waals surface area contributed by atoms with E-state index in [1.165, 1.54) is 36.9 Å². The van der Waals surface area contributed by atoms with Crippen molar-refractivity contribution in [3.8, 4) is 5.75 Å². The molecular weight excluding hydrogens is 415 g/mol. The summed E-state index contributed by atoms with van der Waals surface area (Å²) < 4.78 is 19.0. The number of nitrogens with one attached hydrogen (secondary N) is 2. The van der Waals surface area contributed by atoms with Crippen molar-refractivity contribution in [2.75, 3.05) is 5.75 Å². The van der Waals surface area contributed by atoms with Gasteiger partial charge >= 0.3 is 0 Å². The summed E-state index contributed by atoms with van der Waals surface area (Å²) in [5, 5.41) is -0.0211. The van der Waals surface area contributed by atoms with E-state index in [1.54, 1.807) is 6.07 Å². The van der Waals surface area contributed by atoms with Gasteiger partial charge in [-0.3, -0.25) is 20.4 Å². The van der Waals surface area contributed by atoms with Crippen LogP contribution in [0.4, 0.5) is 4.39 Å². The van der Waals surface area contributed by atoms with Gasteiger partial charge in [0.15, 0.2) is 17.7 Å². The lowest BCUT2D eigenvalue weighted by Gasteiger charge is -2.18. The number of para-hydroxylation sites is 1. The van der Waals surface area contributed by atoms with Crippen molar-refractivity contribution in [3.05, 3.63) is 102 Å². The lowest BCUT2D eigenvalue weighted by molar-refractivity contribution is -0.132. The minimum Gasteiger partial charge on any atom is -0.478 e. The van der Waals surface area contributed by atoms with Crippen LogP contribution in [0.3, 0.4) is 0 Å². The molecule has 0 aliphatic carbocycles. The minimum atomic E-state index is -0.980. The second-order valence-corrected chi connectivity index (χ2v) is 7.83. The molecule has 160 valence electrons. The molecule has 0 aliphatic heterocycles. The smallest absolute Gasteiger partial charge is 0.279 e. The van der Waals surface area contributed by atoms with Gasteiger partial charge in [0.2, 0.25) is 5.91 Å². The van der Waals surface area contributed by atoms with Crippen molar-refractivity contribution < 1.29 is 18.7 Å². The van der Waals surface area contributed by atoms with Crippen LogP contribution < -0.4 is 15.6 Å². The fourth-order valence-corrected chi connectivity index (χ4v) is 3.94. The number of hydrogen-bond donors (Lipinski definition) is 2. The van der Waals surface area contributed by atoms with E-state index in [-0.39, 0.29) is 22.7 Å². The monoisotopic (exact) mass is 438 g/mol. The van der Waals surface area contributed by atoms with Gasteiger partial charge in [0.05, 0.1) is 11.0 Å². The summed E-state index contributed by atoms with van der Waals surface area (Å²) in [5.41, 5.74) is 6.89. The van der Waals surface area contributed by atoms with E-state index in [0.29, 0.717) is 0 Å². The molecule has 0 saturated heterocycles. The maximum atomic E-state index is 13.7. The van der Waals surface area contributed by atoms with E-state index < -0.39 is 17.8 Å². The number of amides is 2. The molecule has 2 N–H and O–H groups in total. The highest BCUT2D eigenvalue weighted by Gasteiger charge is 2.19. The second kappa shape index (κ2) is 11.2. The third-order valence-corrected chi connectivity index (χ3v) is 5.73. The van der Waals surface area contributed by atoms with Crippen molar-refractivity contribution in [1.82, 2.24) is 10.9 Å². The van der Waals surface area contributed by atoms with Crippen molar-refractivity contribution in [3.63, 3.8) is 0 Å². The summed E-state index contributed by atoms with van der Waals surface area (Å²) >= 11 is 1.46. The van der Waals surface area contributed by atoms with E-state index >= 15 is 0 Å². The van der Waals surface area contributed by atoms with Gasteiger partial charge in [-0.1, -0.05) is 72.8 Å². The van der Waals surface area contributed by atoms with Gasteiger partial charge in [-0.2, -0.15) is 0 Å². The van der Waals surface area contributed by atoms with Crippen molar-refractivity contribution in [1.29, 1.82) is 0 Å². The van der Waals surface area contributed by atoms with Crippen LogP contribution in [0.15, 0.2) is 84.9 Å². The molecule has 3 aromatic rings. The largest absolute Gasteiger partial charge is 0.478 e. The zero-order chi connectivity index (χ0) is 22.1. The van der Waals surface area contributed by atoms with Crippen LogP contribution in [0, 0.1) is 5.82 Å². The average Bonchev–Trinajstić information content (AvgIpc) is 2.80. The molecule has 3 aromatic carbocycles. The Balaban J connectivity index is 1.52. The lowest BCUT2D eigenvalue weighted by Crippen LogP contribution is -2.47. The first-order valence-corrected chi connectivity index (χ1v) is 10.8. The van der Waals surface area contributed by atoms with Crippen molar-refractivity contribution in [2.24, 2.45) is 0 Å². The Morgan fingerprint density at radius 1 is 0.871 bits per heavy atom. The standard InChI is InChI=1S/C24H23FN2O3S/c1-17(30-21-15-9-8-14-20(21)25)24(29)27-26-22(28)16-31-23(18-10-4-2-5-11-18)19-12-6-3-7-13-19/h2-15,17,23H,16H2,1H3,(H,26,28)(H,27,29). The molecule has 0 heterocycles. The highest BCUT2D eigenvalue weighted by molar-refractivity contribution is 8.00. The summed E-state index contributed by atoms with van der Waals surface area (Å²) in [6, 6.07) is 25.6. The van der Waals surface area contributed by atoms with Gasteiger partial charge in [0, 0.05) is 0 Å². The highest BCUT2D eigenvalue weighted by Crippen LogP contribution is 2.35. The van der Waals surface area contributed by atoms with E-state index in [0.717, 1.165) is 11.1 Å². The maximum Gasteiger partial charge on any atom is 0.279 e. The Kier molecular flexibility index (Phi) is 8.06. The zero-order valence-electron chi connectivity index (χ0n) is 17.0. The number of hydrazine groups is 1. The van der Waals surface area contributed by atoms with Crippen LogP contribution >= 0.6 is 11.8 Å². The van der Waals surface area contributed by atoms with Gasteiger partial charge in [-0.05, 0) is 30.2 Å². The molecule has 0 spiro atoms. The Bertz CT molecular complexity index is 962. The van der Waals surface area contributed by atoms with Gasteiger partial charge in [0.1, 0.15) is 0 Å². The number of carbonyl (C=O) groups is 2. The first kappa shape index (κ1) is 22.4. The zero-order valence-corrected chi connectivity index (χ0v) is 17.8. The molecule has 0 fully saturated rings. The predicted octanol–water partition coefficient (Wildman–Crippen LogP) is 4.26. The van der Waals surface area contributed by atoms with Crippen molar-refractivity contribution in [2.45, 2.75) is 18.3 Å². The third-order valence-electron chi connectivity index (χ3n) is 4.42. The number of ether oxygens (including phenoxy) is 1. The third kappa shape index (κ3) is 6.58. The number of benzene rings is 3. The SMILES string of the molecule is CC(Oc1ccccc1F)C(=O)NNC(=O)CSC(c1ccccc1)c1ccccc1. The van der Waals surface area contributed by atoms with Crippen LogP contribution in [-0.4, -0.2) is 23.7 Å². The molecule has 0 aromatic heterocycles. The predicted molar refractivity (Wildman–Crippen MR) is 120 cm³/mol. The molecule has 5 nitrogen and oxygen atoms in total. The van der Waals surface area contributed by atoms with Crippen LogP contribution in [-0.2, 0) is 9.59 Å². The molecule has 0 aliphatic rings. The van der Waals surface area contributed by atoms with E-state index in [2.05, 4.69) is 10.9 Å². The second-order valence-electron chi connectivity index (χ2n) is 6.74. The average molecular weight is 439 g/mol. The maximum absolute atomic E-state index is 13.7. The summed E-state index contributed by atoms with van der Waals surface area (Å²) in [4.78, 5) is 24.5. The lowest BCUT2D eigenvalue weighted by atomic mass is 10.0. The van der Waals surface area contributed by atoms with E-state index in [4.69, 9.17) is 4.74 Å². The van der Waals surface area contributed by atoms with Gasteiger partial charge < -0.3 is 4.74 Å². The number of rotatable bonds is 8. The molecular formula is C24H23FN2O3S. The van der Waals surface area contributed by atoms with Crippen LogP contribution in [0.25, 0.3) is 0 Å². The summed E-state index contributed by atoms with van der Waals surface area (Å²) in [6.07, 6.45) is -0.980. The molecule has 0 radical (unpaired) electrons. The number of thioether (sulfide) groups is 1. The molecule has 0 saturated carbocycles. The Morgan fingerprint density at radius 3 is 2.00 bits per heavy atom. The van der Waals surface area contributed by atoms with Crippen molar-refractivity contribution >= 4 is 23.6 Å². The van der Waals surface area contributed by atoms with Gasteiger partial charge in [-0.25, -0.2) is 4.39 Å². The Morgan fingerprint density at radius 2 is 1.42 bits per heavy atom. The Hall–Kier alpha value is -3.32.